The molecule has 2 aromatic carbocycles. The van der Waals surface area contributed by atoms with Crippen molar-refractivity contribution in [3.8, 4) is 5.75 Å². The minimum atomic E-state index is 0.773. The molecule has 0 saturated carbocycles. The number of hydrogen-bond acceptors (Lipinski definition) is 3. The molecule has 0 radical (unpaired) electrons. The molecule has 0 amide bonds. The van der Waals surface area contributed by atoms with E-state index in [0.717, 1.165) is 43.6 Å². The molecule has 5 heteroatoms. The molecule has 1 aliphatic heterocycles. The molecule has 1 heterocycles. The summed E-state index contributed by atoms with van der Waals surface area (Å²) in [7, 11) is 1.70. The standard InChI is InChI=1S/C20H25N3OS/c1-16-6-8-17(9-7-16)15-21-20(25)23-12-10-22(11-13-23)18-4-3-5-19(14-18)24-2/h3-9,14H,10-13,15H2,1-2H3,(H,21,25). The van der Waals surface area contributed by atoms with Crippen molar-refractivity contribution in [2.45, 2.75) is 13.5 Å². The molecule has 1 N–H and O–H groups in total. The number of nitrogens with zero attached hydrogens (tertiary/aromatic N) is 2. The fourth-order valence-corrected chi connectivity index (χ4v) is 3.23. The SMILES string of the molecule is COc1cccc(N2CCN(C(=S)NCc3ccc(C)cc3)CC2)c1. The molecule has 4 nitrogen and oxygen atoms in total. The van der Waals surface area contributed by atoms with E-state index in [9.17, 15) is 0 Å². The number of benzene rings is 2. The highest BCUT2D eigenvalue weighted by Gasteiger charge is 2.19. The minimum Gasteiger partial charge on any atom is -0.497 e. The van der Waals surface area contributed by atoms with Gasteiger partial charge in [0.1, 0.15) is 5.75 Å². The Labute approximate surface area is 155 Å². The third kappa shape index (κ3) is 4.63. The van der Waals surface area contributed by atoms with Gasteiger partial charge in [0.05, 0.1) is 7.11 Å². The fraction of sp³-hybridized carbons (Fsp3) is 0.350. The smallest absolute Gasteiger partial charge is 0.169 e. The topological polar surface area (TPSA) is 27.7 Å². The molecule has 0 bridgehead atoms. The number of piperazine rings is 1. The molecule has 0 spiro atoms. The molecule has 132 valence electrons. The van der Waals surface area contributed by atoms with E-state index in [4.69, 9.17) is 17.0 Å². The van der Waals surface area contributed by atoms with Crippen LogP contribution in [-0.2, 0) is 6.54 Å². The van der Waals surface area contributed by atoms with Gasteiger partial charge >= 0.3 is 0 Å². The second kappa shape index (κ2) is 8.21. The first-order chi connectivity index (χ1) is 12.2. The molecule has 0 aromatic heterocycles. The van der Waals surface area contributed by atoms with Gasteiger partial charge in [0.15, 0.2) is 5.11 Å². The second-order valence-electron chi connectivity index (χ2n) is 6.32. The van der Waals surface area contributed by atoms with Crippen LogP contribution in [0.2, 0.25) is 0 Å². The molecule has 1 saturated heterocycles. The Morgan fingerprint density at radius 2 is 1.80 bits per heavy atom. The van der Waals surface area contributed by atoms with Crippen LogP contribution in [0.5, 0.6) is 5.75 Å². The van der Waals surface area contributed by atoms with E-state index in [1.54, 1.807) is 7.11 Å². The first kappa shape index (κ1) is 17.5. The Hall–Kier alpha value is -2.27. The summed E-state index contributed by atoms with van der Waals surface area (Å²) in [6.45, 7) is 6.64. The van der Waals surface area contributed by atoms with E-state index in [-0.39, 0.29) is 0 Å². The van der Waals surface area contributed by atoms with Crippen LogP contribution in [0, 0.1) is 6.92 Å². The molecule has 0 unspecified atom stereocenters. The lowest BCUT2D eigenvalue weighted by atomic mass is 10.1. The quantitative estimate of drug-likeness (QED) is 0.850. The monoisotopic (exact) mass is 355 g/mol. The molecular formula is C20H25N3OS. The van der Waals surface area contributed by atoms with Crippen LogP contribution in [-0.4, -0.2) is 43.3 Å². The second-order valence-corrected chi connectivity index (χ2v) is 6.71. The van der Waals surface area contributed by atoms with Crippen LogP contribution in [0.15, 0.2) is 48.5 Å². The highest BCUT2D eigenvalue weighted by molar-refractivity contribution is 7.80. The molecule has 1 aliphatic rings. The Kier molecular flexibility index (Phi) is 5.76. The Morgan fingerprint density at radius 3 is 2.48 bits per heavy atom. The molecule has 25 heavy (non-hydrogen) atoms. The number of methoxy groups -OCH3 is 1. The summed E-state index contributed by atoms with van der Waals surface area (Å²) in [5.41, 5.74) is 3.74. The van der Waals surface area contributed by atoms with E-state index in [1.165, 1.54) is 16.8 Å². The van der Waals surface area contributed by atoms with Crippen molar-refractivity contribution < 1.29 is 4.74 Å². The maximum atomic E-state index is 5.57. The number of rotatable bonds is 4. The summed E-state index contributed by atoms with van der Waals surface area (Å²) in [5, 5.41) is 4.22. The highest BCUT2D eigenvalue weighted by atomic mass is 32.1. The summed E-state index contributed by atoms with van der Waals surface area (Å²) in [4.78, 5) is 4.63. The van der Waals surface area contributed by atoms with Crippen molar-refractivity contribution in [2.24, 2.45) is 0 Å². The van der Waals surface area contributed by atoms with E-state index >= 15 is 0 Å². The molecule has 0 atom stereocenters. The summed E-state index contributed by atoms with van der Waals surface area (Å²) in [6, 6.07) is 16.8. The fourth-order valence-electron chi connectivity index (χ4n) is 2.97. The van der Waals surface area contributed by atoms with Crippen molar-refractivity contribution in [1.82, 2.24) is 10.2 Å². The summed E-state index contributed by atoms with van der Waals surface area (Å²) in [5.74, 6) is 0.898. The largest absolute Gasteiger partial charge is 0.497 e. The van der Waals surface area contributed by atoms with Crippen LogP contribution in [0.3, 0.4) is 0 Å². The zero-order valence-corrected chi connectivity index (χ0v) is 15.7. The van der Waals surface area contributed by atoms with Crippen molar-refractivity contribution in [3.05, 3.63) is 59.7 Å². The normalized spacial score (nSPS) is 14.3. The Balaban J connectivity index is 1.49. The first-order valence-corrected chi connectivity index (χ1v) is 9.04. The first-order valence-electron chi connectivity index (χ1n) is 8.63. The van der Waals surface area contributed by atoms with Gasteiger partial charge in [-0.3, -0.25) is 0 Å². The lowest BCUT2D eigenvalue weighted by Crippen LogP contribution is -2.51. The third-order valence-electron chi connectivity index (χ3n) is 4.55. The van der Waals surface area contributed by atoms with Crippen LogP contribution in [0.1, 0.15) is 11.1 Å². The predicted octanol–water partition coefficient (Wildman–Crippen LogP) is 3.20. The highest BCUT2D eigenvalue weighted by Crippen LogP contribution is 2.22. The van der Waals surface area contributed by atoms with E-state index < -0.39 is 0 Å². The lowest BCUT2D eigenvalue weighted by molar-refractivity contribution is 0.379. The van der Waals surface area contributed by atoms with E-state index in [2.05, 4.69) is 58.4 Å². The maximum absolute atomic E-state index is 5.57. The number of anilines is 1. The number of nitrogens with one attached hydrogen (secondary N) is 1. The van der Waals surface area contributed by atoms with Gasteiger partial charge in [-0.15, -0.1) is 0 Å². The molecule has 3 rings (SSSR count). The molecular weight excluding hydrogens is 330 g/mol. The Morgan fingerprint density at radius 1 is 1.08 bits per heavy atom. The number of ether oxygens (including phenoxy) is 1. The van der Waals surface area contributed by atoms with E-state index in [0.29, 0.717) is 0 Å². The van der Waals surface area contributed by atoms with E-state index in [1.807, 2.05) is 12.1 Å². The summed E-state index contributed by atoms with van der Waals surface area (Å²) in [6.07, 6.45) is 0. The van der Waals surface area contributed by atoms with Gasteiger partial charge < -0.3 is 19.9 Å². The average molecular weight is 356 g/mol. The number of hydrogen-bond donors (Lipinski definition) is 1. The zero-order chi connectivity index (χ0) is 17.6. The zero-order valence-electron chi connectivity index (χ0n) is 14.9. The maximum Gasteiger partial charge on any atom is 0.169 e. The van der Waals surface area contributed by atoms with Crippen molar-refractivity contribution in [1.29, 1.82) is 0 Å². The number of thiocarbonyl (C=S) groups is 1. The van der Waals surface area contributed by atoms with Gasteiger partial charge in [0.2, 0.25) is 0 Å². The molecule has 2 aromatic rings. The van der Waals surface area contributed by atoms with Gasteiger partial charge in [-0.2, -0.15) is 0 Å². The van der Waals surface area contributed by atoms with Gasteiger partial charge in [0.25, 0.3) is 0 Å². The third-order valence-corrected chi connectivity index (χ3v) is 4.95. The summed E-state index contributed by atoms with van der Waals surface area (Å²) < 4.78 is 5.32. The number of aryl methyl sites for hydroxylation is 1. The van der Waals surface area contributed by atoms with Gasteiger partial charge in [0, 0.05) is 44.5 Å². The van der Waals surface area contributed by atoms with Crippen molar-refractivity contribution >= 4 is 23.0 Å². The van der Waals surface area contributed by atoms with Crippen molar-refractivity contribution in [2.75, 3.05) is 38.2 Å². The van der Waals surface area contributed by atoms with Crippen LogP contribution < -0.4 is 15.0 Å². The van der Waals surface area contributed by atoms with Crippen molar-refractivity contribution in [3.63, 3.8) is 0 Å². The van der Waals surface area contributed by atoms with Gasteiger partial charge in [-0.1, -0.05) is 35.9 Å². The Bertz CT molecular complexity index is 709. The summed E-state index contributed by atoms with van der Waals surface area (Å²) >= 11 is 5.57. The van der Waals surface area contributed by atoms with Gasteiger partial charge in [-0.25, -0.2) is 0 Å². The van der Waals surface area contributed by atoms with Crippen LogP contribution >= 0.6 is 12.2 Å². The molecule has 1 fully saturated rings. The van der Waals surface area contributed by atoms with Crippen LogP contribution in [0.25, 0.3) is 0 Å². The van der Waals surface area contributed by atoms with Gasteiger partial charge in [-0.05, 0) is 36.8 Å². The minimum absolute atomic E-state index is 0.773. The lowest BCUT2D eigenvalue weighted by Gasteiger charge is -2.37. The van der Waals surface area contributed by atoms with Crippen LogP contribution in [0.4, 0.5) is 5.69 Å². The molecule has 0 aliphatic carbocycles. The average Bonchev–Trinajstić information content (AvgIpc) is 2.67. The predicted molar refractivity (Wildman–Crippen MR) is 107 cm³/mol.